The van der Waals surface area contributed by atoms with Gasteiger partial charge in [0, 0.05) is 5.39 Å². The molecule has 0 bridgehead atoms. The van der Waals surface area contributed by atoms with Crippen LogP contribution in [-0.4, -0.2) is 6.26 Å². The Kier molecular flexibility index (Phi) is 2.55. The third kappa shape index (κ3) is 1.67. The van der Waals surface area contributed by atoms with E-state index in [1.165, 1.54) is 10.9 Å². The summed E-state index contributed by atoms with van der Waals surface area (Å²) in [4.78, 5) is 0. The molecule has 0 saturated carbocycles. The molecule has 1 nitrogen and oxygen atoms in total. The summed E-state index contributed by atoms with van der Waals surface area (Å²) < 4.78 is 5.61. The molecular weight excluding hydrogens is 192 g/mol. The van der Waals surface area contributed by atoms with Crippen molar-refractivity contribution in [3.63, 3.8) is 0 Å². The number of rotatable bonds is 2. The Labute approximate surface area is 88.5 Å². The standard InChI is InChI=1S/C12H14OS/c1-8(2)9-4-5-11-10(6-9)7-12(13-11)14-3/h4-8H,1-3H3. The molecule has 2 aromatic rings. The maximum absolute atomic E-state index is 5.61. The van der Waals surface area contributed by atoms with Crippen LogP contribution in [-0.2, 0) is 0 Å². The van der Waals surface area contributed by atoms with E-state index in [0.29, 0.717) is 5.92 Å². The van der Waals surface area contributed by atoms with Gasteiger partial charge in [-0.1, -0.05) is 31.7 Å². The molecule has 1 heterocycles. The van der Waals surface area contributed by atoms with Crippen molar-refractivity contribution in [3.05, 3.63) is 29.8 Å². The largest absolute Gasteiger partial charge is 0.450 e. The Hall–Kier alpha value is -0.890. The predicted octanol–water partition coefficient (Wildman–Crippen LogP) is 4.28. The molecule has 1 aromatic heterocycles. The fourth-order valence-electron chi connectivity index (χ4n) is 1.50. The van der Waals surface area contributed by atoms with Crippen molar-refractivity contribution in [3.8, 4) is 0 Å². The number of furan rings is 1. The monoisotopic (exact) mass is 206 g/mol. The molecule has 0 N–H and O–H groups in total. The van der Waals surface area contributed by atoms with Crippen LogP contribution in [0.25, 0.3) is 11.0 Å². The number of hydrogen-bond acceptors (Lipinski definition) is 2. The van der Waals surface area contributed by atoms with Crippen molar-refractivity contribution in [1.82, 2.24) is 0 Å². The van der Waals surface area contributed by atoms with Gasteiger partial charge >= 0.3 is 0 Å². The Morgan fingerprint density at radius 3 is 2.64 bits per heavy atom. The Balaban J connectivity index is 2.54. The van der Waals surface area contributed by atoms with E-state index >= 15 is 0 Å². The number of hydrogen-bond donors (Lipinski definition) is 0. The molecule has 0 spiro atoms. The zero-order valence-electron chi connectivity index (χ0n) is 8.70. The van der Waals surface area contributed by atoms with Crippen molar-refractivity contribution in [2.24, 2.45) is 0 Å². The molecule has 0 aliphatic carbocycles. The van der Waals surface area contributed by atoms with Crippen LogP contribution >= 0.6 is 11.8 Å². The molecule has 0 amide bonds. The maximum Gasteiger partial charge on any atom is 0.161 e. The minimum absolute atomic E-state index is 0.576. The van der Waals surface area contributed by atoms with Gasteiger partial charge in [0.1, 0.15) is 5.58 Å². The fourth-order valence-corrected chi connectivity index (χ4v) is 1.92. The SMILES string of the molecule is CSc1cc2cc(C(C)C)ccc2o1. The van der Waals surface area contributed by atoms with Crippen molar-refractivity contribution >= 4 is 22.7 Å². The predicted molar refractivity (Wildman–Crippen MR) is 62.1 cm³/mol. The molecule has 0 atom stereocenters. The zero-order valence-corrected chi connectivity index (χ0v) is 9.52. The highest BCUT2D eigenvalue weighted by Crippen LogP contribution is 2.28. The molecule has 0 aliphatic heterocycles. The van der Waals surface area contributed by atoms with E-state index in [4.69, 9.17) is 4.42 Å². The second-order valence-corrected chi connectivity index (χ2v) is 4.53. The lowest BCUT2D eigenvalue weighted by atomic mass is 10.0. The number of benzene rings is 1. The molecule has 0 radical (unpaired) electrons. The third-order valence-corrected chi connectivity index (χ3v) is 2.99. The van der Waals surface area contributed by atoms with Gasteiger partial charge in [-0.3, -0.25) is 0 Å². The lowest BCUT2D eigenvalue weighted by molar-refractivity contribution is 0.515. The van der Waals surface area contributed by atoms with Crippen LogP contribution in [0.3, 0.4) is 0 Å². The highest BCUT2D eigenvalue weighted by atomic mass is 32.2. The summed E-state index contributed by atoms with van der Waals surface area (Å²) in [5.41, 5.74) is 2.35. The molecule has 0 fully saturated rings. The van der Waals surface area contributed by atoms with E-state index in [1.807, 2.05) is 6.26 Å². The van der Waals surface area contributed by atoms with E-state index in [2.05, 4.69) is 38.1 Å². The van der Waals surface area contributed by atoms with Crippen LogP contribution in [0.15, 0.2) is 33.8 Å². The van der Waals surface area contributed by atoms with Gasteiger partial charge in [-0.2, -0.15) is 0 Å². The summed E-state index contributed by atoms with van der Waals surface area (Å²) in [6.45, 7) is 4.41. The van der Waals surface area contributed by atoms with Gasteiger partial charge < -0.3 is 4.42 Å². The molecule has 74 valence electrons. The maximum atomic E-state index is 5.61. The van der Waals surface area contributed by atoms with Gasteiger partial charge in [0.15, 0.2) is 5.09 Å². The lowest BCUT2D eigenvalue weighted by Gasteiger charge is -2.03. The summed E-state index contributed by atoms with van der Waals surface area (Å²) in [6, 6.07) is 8.51. The van der Waals surface area contributed by atoms with Gasteiger partial charge in [0.2, 0.25) is 0 Å². The van der Waals surface area contributed by atoms with Gasteiger partial charge in [0.25, 0.3) is 0 Å². The van der Waals surface area contributed by atoms with E-state index < -0.39 is 0 Å². The number of fused-ring (bicyclic) bond motifs is 1. The quantitative estimate of drug-likeness (QED) is 0.680. The van der Waals surface area contributed by atoms with E-state index in [0.717, 1.165) is 10.7 Å². The minimum Gasteiger partial charge on any atom is -0.450 e. The summed E-state index contributed by atoms with van der Waals surface area (Å²) in [5.74, 6) is 0.576. The first-order valence-corrected chi connectivity index (χ1v) is 6.00. The normalized spacial score (nSPS) is 11.4. The smallest absolute Gasteiger partial charge is 0.161 e. The van der Waals surface area contributed by atoms with Crippen LogP contribution in [0, 0.1) is 0 Å². The topological polar surface area (TPSA) is 13.1 Å². The highest BCUT2D eigenvalue weighted by molar-refractivity contribution is 7.98. The molecule has 14 heavy (non-hydrogen) atoms. The van der Waals surface area contributed by atoms with Gasteiger partial charge in [-0.15, -0.1) is 0 Å². The van der Waals surface area contributed by atoms with Gasteiger partial charge in [0.05, 0.1) is 0 Å². The van der Waals surface area contributed by atoms with Crippen LogP contribution in [0.2, 0.25) is 0 Å². The van der Waals surface area contributed by atoms with Crippen LogP contribution in [0.4, 0.5) is 0 Å². The van der Waals surface area contributed by atoms with E-state index in [9.17, 15) is 0 Å². The van der Waals surface area contributed by atoms with Crippen molar-refractivity contribution in [1.29, 1.82) is 0 Å². The summed E-state index contributed by atoms with van der Waals surface area (Å²) >= 11 is 1.64. The summed E-state index contributed by atoms with van der Waals surface area (Å²) in [5, 5.41) is 2.20. The highest BCUT2D eigenvalue weighted by Gasteiger charge is 2.05. The average molecular weight is 206 g/mol. The van der Waals surface area contributed by atoms with Crippen LogP contribution < -0.4 is 0 Å². The molecule has 1 aromatic carbocycles. The average Bonchev–Trinajstić information content (AvgIpc) is 2.58. The first kappa shape index (κ1) is 9.66. The third-order valence-electron chi connectivity index (χ3n) is 2.39. The molecule has 2 heteroatoms. The summed E-state index contributed by atoms with van der Waals surface area (Å²) in [7, 11) is 0. The summed E-state index contributed by atoms with van der Waals surface area (Å²) in [6.07, 6.45) is 2.03. The second-order valence-electron chi connectivity index (χ2n) is 3.72. The molecule has 0 saturated heterocycles. The van der Waals surface area contributed by atoms with E-state index in [1.54, 1.807) is 11.8 Å². The van der Waals surface area contributed by atoms with Gasteiger partial charge in [-0.05, 0) is 35.9 Å². The van der Waals surface area contributed by atoms with Crippen LogP contribution in [0.5, 0.6) is 0 Å². The first-order valence-electron chi connectivity index (χ1n) is 4.78. The van der Waals surface area contributed by atoms with Crippen molar-refractivity contribution in [2.75, 3.05) is 6.26 Å². The van der Waals surface area contributed by atoms with E-state index in [-0.39, 0.29) is 0 Å². The zero-order chi connectivity index (χ0) is 10.1. The first-order chi connectivity index (χ1) is 6.70. The Morgan fingerprint density at radius 2 is 2.00 bits per heavy atom. The molecular formula is C12H14OS. The lowest BCUT2D eigenvalue weighted by Crippen LogP contribution is -1.84. The molecule has 0 unspecified atom stereocenters. The van der Waals surface area contributed by atoms with Crippen LogP contribution in [0.1, 0.15) is 25.3 Å². The minimum atomic E-state index is 0.576. The molecule has 2 rings (SSSR count). The van der Waals surface area contributed by atoms with Crippen molar-refractivity contribution in [2.45, 2.75) is 24.9 Å². The Morgan fingerprint density at radius 1 is 1.21 bits per heavy atom. The Bertz CT molecular complexity index is 443. The molecule has 0 aliphatic rings. The van der Waals surface area contributed by atoms with Gasteiger partial charge in [-0.25, -0.2) is 0 Å². The fraction of sp³-hybridized carbons (Fsp3) is 0.333. The second kappa shape index (κ2) is 3.70. The number of thioether (sulfide) groups is 1. The van der Waals surface area contributed by atoms with Crippen molar-refractivity contribution < 1.29 is 4.42 Å².